The maximum Gasteiger partial charge on any atom is 0.403 e. The SMILES string of the molecule is COCCCN(CCOC)CC(C(=O)O)C(F)(F)F. The molecule has 0 amide bonds. The van der Waals surface area contributed by atoms with Gasteiger partial charge in [0, 0.05) is 40.5 Å². The molecule has 0 saturated carbocycles. The number of aliphatic carboxylic acids is 1. The molecule has 0 radical (unpaired) electrons. The largest absolute Gasteiger partial charge is 0.481 e. The summed E-state index contributed by atoms with van der Waals surface area (Å²) < 4.78 is 47.4. The summed E-state index contributed by atoms with van der Waals surface area (Å²) in [6, 6.07) is 0. The summed E-state index contributed by atoms with van der Waals surface area (Å²) in [6.45, 7) is 0.660. The highest BCUT2D eigenvalue weighted by Crippen LogP contribution is 2.27. The Morgan fingerprint density at radius 3 is 2.21 bits per heavy atom. The quantitative estimate of drug-likeness (QED) is 0.613. The van der Waals surface area contributed by atoms with E-state index in [1.807, 2.05) is 0 Å². The first kappa shape index (κ1) is 18.1. The van der Waals surface area contributed by atoms with Gasteiger partial charge in [0.05, 0.1) is 6.61 Å². The first-order valence-electron chi connectivity index (χ1n) is 5.82. The second-order valence-electron chi connectivity index (χ2n) is 4.07. The normalized spacial score (nSPS) is 13.8. The molecule has 0 saturated heterocycles. The van der Waals surface area contributed by atoms with Gasteiger partial charge >= 0.3 is 12.1 Å². The van der Waals surface area contributed by atoms with Crippen LogP contribution in [-0.4, -0.2) is 69.2 Å². The molecule has 0 heterocycles. The molecule has 0 aromatic carbocycles. The fourth-order valence-corrected chi connectivity index (χ4v) is 1.53. The van der Waals surface area contributed by atoms with Crippen LogP contribution in [0.3, 0.4) is 0 Å². The van der Waals surface area contributed by atoms with Crippen LogP contribution in [0.25, 0.3) is 0 Å². The Labute approximate surface area is 110 Å². The van der Waals surface area contributed by atoms with E-state index in [4.69, 9.17) is 14.6 Å². The third-order valence-electron chi connectivity index (χ3n) is 2.57. The van der Waals surface area contributed by atoms with Gasteiger partial charge in [0.15, 0.2) is 5.92 Å². The molecular weight excluding hydrogens is 267 g/mol. The van der Waals surface area contributed by atoms with Gasteiger partial charge in [-0.3, -0.25) is 9.69 Å². The number of carboxylic acids is 1. The molecule has 0 aliphatic rings. The van der Waals surface area contributed by atoms with E-state index < -0.39 is 24.6 Å². The summed E-state index contributed by atoms with van der Waals surface area (Å²) in [5.74, 6) is -4.24. The molecule has 114 valence electrons. The Bertz CT molecular complexity index is 261. The second-order valence-corrected chi connectivity index (χ2v) is 4.07. The molecule has 1 N–H and O–H groups in total. The van der Waals surface area contributed by atoms with Crippen molar-refractivity contribution in [3.8, 4) is 0 Å². The van der Waals surface area contributed by atoms with Gasteiger partial charge in [0.25, 0.3) is 0 Å². The molecule has 0 rings (SSSR count). The summed E-state index contributed by atoms with van der Waals surface area (Å²) in [5.41, 5.74) is 0. The number of rotatable bonds is 10. The smallest absolute Gasteiger partial charge is 0.403 e. The Kier molecular flexibility index (Phi) is 8.70. The van der Waals surface area contributed by atoms with E-state index in [2.05, 4.69) is 0 Å². The highest BCUT2D eigenvalue weighted by Gasteiger charge is 2.45. The molecule has 5 nitrogen and oxygen atoms in total. The fraction of sp³-hybridized carbons (Fsp3) is 0.909. The highest BCUT2D eigenvalue weighted by atomic mass is 19.4. The predicted molar refractivity (Wildman–Crippen MR) is 62.0 cm³/mol. The zero-order valence-electron chi connectivity index (χ0n) is 11.1. The predicted octanol–water partition coefficient (Wildman–Crippen LogP) is 1.23. The zero-order chi connectivity index (χ0) is 14.9. The van der Waals surface area contributed by atoms with Gasteiger partial charge in [-0.15, -0.1) is 0 Å². The molecule has 1 atom stereocenters. The topological polar surface area (TPSA) is 59.0 Å². The van der Waals surface area contributed by atoms with Crippen LogP contribution in [0.2, 0.25) is 0 Å². The Morgan fingerprint density at radius 1 is 1.21 bits per heavy atom. The number of halogens is 3. The van der Waals surface area contributed by atoms with Crippen molar-refractivity contribution in [2.75, 3.05) is 47.1 Å². The van der Waals surface area contributed by atoms with Crippen LogP contribution in [0.1, 0.15) is 6.42 Å². The van der Waals surface area contributed by atoms with Crippen LogP contribution in [0, 0.1) is 5.92 Å². The van der Waals surface area contributed by atoms with Gasteiger partial charge in [-0.1, -0.05) is 0 Å². The van der Waals surface area contributed by atoms with E-state index in [-0.39, 0.29) is 13.2 Å². The zero-order valence-corrected chi connectivity index (χ0v) is 11.1. The molecule has 8 heteroatoms. The summed E-state index contributed by atoms with van der Waals surface area (Å²) in [6.07, 6.45) is -4.22. The number of methoxy groups -OCH3 is 2. The highest BCUT2D eigenvalue weighted by molar-refractivity contribution is 5.71. The lowest BCUT2D eigenvalue weighted by molar-refractivity contribution is -0.196. The van der Waals surface area contributed by atoms with E-state index in [0.717, 1.165) is 0 Å². The average Bonchev–Trinajstić information content (AvgIpc) is 2.30. The standard InChI is InChI=1S/C11H20F3NO4/c1-18-6-3-4-15(5-7-19-2)8-9(10(16)17)11(12,13)14/h9H,3-8H2,1-2H3,(H,16,17). The monoisotopic (exact) mass is 287 g/mol. The average molecular weight is 287 g/mol. The number of carboxylic acid groups (broad SMARTS) is 1. The van der Waals surface area contributed by atoms with Crippen molar-refractivity contribution < 1.29 is 32.5 Å². The van der Waals surface area contributed by atoms with Crippen molar-refractivity contribution in [1.82, 2.24) is 4.90 Å². The third kappa shape index (κ3) is 8.02. The Balaban J connectivity index is 4.51. The van der Waals surface area contributed by atoms with Crippen molar-refractivity contribution in [2.45, 2.75) is 12.6 Å². The minimum Gasteiger partial charge on any atom is -0.481 e. The Hall–Kier alpha value is -0.860. The summed E-state index contributed by atoms with van der Waals surface area (Å²) in [5, 5.41) is 8.65. The summed E-state index contributed by atoms with van der Waals surface area (Å²) in [7, 11) is 2.93. The van der Waals surface area contributed by atoms with Gasteiger partial charge in [0.2, 0.25) is 0 Å². The van der Waals surface area contributed by atoms with Crippen LogP contribution in [0.5, 0.6) is 0 Å². The maximum atomic E-state index is 12.6. The lowest BCUT2D eigenvalue weighted by Crippen LogP contribution is -2.43. The van der Waals surface area contributed by atoms with E-state index in [1.54, 1.807) is 0 Å². The lowest BCUT2D eigenvalue weighted by atomic mass is 10.1. The number of carbonyl (C=O) groups is 1. The van der Waals surface area contributed by atoms with Crippen LogP contribution in [0.4, 0.5) is 13.2 Å². The van der Waals surface area contributed by atoms with Crippen molar-refractivity contribution in [3.05, 3.63) is 0 Å². The number of nitrogens with zero attached hydrogens (tertiary/aromatic N) is 1. The van der Waals surface area contributed by atoms with Crippen molar-refractivity contribution in [1.29, 1.82) is 0 Å². The summed E-state index contributed by atoms with van der Waals surface area (Å²) in [4.78, 5) is 12.1. The minimum atomic E-state index is -4.75. The van der Waals surface area contributed by atoms with Gasteiger partial charge in [-0.05, 0) is 6.42 Å². The molecule has 0 aromatic heterocycles. The molecule has 0 aliphatic heterocycles. The van der Waals surface area contributed by atoms with E-state index in [1.165, 1.54) is 19.1 Å². The van der Waals surface area contributed by atoms with Crippen molar-refractivity contribution >= 4 is 5.97 Å². The van der Waals surface area contributed by atoms with Gasteiger partial charge in [0.1, 0.15) is 0 Å². The van der Waals surface area contributed by atoms with Crippen molar-refractivity contribution in [2.24, 2.45) is 5.92 Å². The minimum absolute atomic E-state index is 0.247. The molecular formula is C11H20F3NO4. The van der Waals surface area contributed by atoms with Gasteiger partial charge in [-0.2, -0.15) is 13.2 Å². The van der Waals surface area contributed by atoms with Crippen LogP contribution < -0.4 is 0 Å². The van der Waals surface area contributed by atoms with Crippen LogP contribution in [-0.2, 0) is 14.3 Å². The Morgan fingerprint density at radius 2 is 1.79 bits per heavy atom. The van der Waals surface area contributed by atoms with Gasteiger partial charge in [-0.25, -0.2) is 0 Å². The molecule has 1 unspecified atom stereocenters. The third-order valence-corrected chi connectivity index (χ3v) is 2.57. The first-order valence-corrected chi connectivity index (χ1v) is 5.82. The number of hydrogen-bond donors (Lipinski definition) is 1. The molecule has 19 heavy (non-hydrogen) atoms. The number of ether oxygens (including phenoxy) is 2. The number of hydrogen-bond acceptors (Lipinski definition) is 4. The van der Waals surface area contributed by atoms with E-state index >= 15 is 0 Å². The fourth-order valence-electron chi connectivity index (χ4n) is 1.53. The molecule has 0 spiro atoms. The second kappa shape index (κ2) is 9.11. The van der Waals surface area contributed by atoms with Crippen LogP contribution in [0.15, 0.2) is 0 Å². The van der Waals surface area contributed by atoms with Crippen LogP contribution >= 0.6 is 0 Å². The number of alkyl halides is 3. The maximum absolute atomic E-state index is 12.6. The first-order chi connectivity index (χ1) is 8.82. The molecule has 0 aromatic rings. The molecule has 0 aliphatic carbocycles. The van der Waals surface area contributed by atoms with E-state index in [9.17, 15) is 18.0 Å². The molecule has 0 fully saturated rings. The summed E-state index contributed by atoms with van der Waals surface area (Å²) >= 11 is 0. The lowest BCUT2D eigenvalue weighted by Gasteiger charge is -2.26. The molecule has 0 bridgehead atoms. The van der Waals surface area contributed by atoms with Gasteiger partial charge < -0.3 is 14.6 Å². The van der Waals surface area contributed by atoms with Crippen molar-refractivity contribution in [3.63, 3.8) is 0 Å². The van der Waals surface area contributed by atoms with E-state index in [0.29, 0.717) is 19.6 Å².